The van der Waals surface area contributed by atoms with Crippen LogP contribution in [0, 0.1) is 0 Å². The highest BCUT2D eigenvalue weighted by molar-refractivity contribution is 9.10. The van der Waals surface area contributed by atoms with Gasteiger partial charge in [-0.2, -0.15) is 13.2 Å². The number of rotatable bonds is 2. The molecular formula is C14H9BrClF3O. The second kappa shape index (κ2) is 5.39. The van der Waals surface area contributed by atoms with Gasteiger partial charge in [-0.15, -0.1) is 0 Å². The molecule has 106 valence electrons. The van der Waals surface area contributed by atoms with Crippen LogP contribution >= 0.6 is 27.5 Å². The van der Waals surface area contributed by atoms with Gasteiger partial charge in [-0.25, -0.2) is 0 Å². The third-order valence-electron chi connectivity index (χ3n) is 2.92. The van der Waals surface area contributed by atoms with Crippen molar-refractivity contribution in [2.75, 3.05) is 0 Å². The van der Waals surface area contributed by atoms with E-state index in [-0.39, 0.29) is 10.6 Å². The van der Waals surface area contributed by atoms with Gasteiger partial charge in [-0.3, -0.25) is 0 Å². The van der Waals surface area contributed by atoms with Crippen molar-refractivity contribution in [1.82, 2.24) is 0 Å². The van der Waals surface area contributed by atoms with E-state index in [2.05, 4.69) is 15.9 Å². The highest BCUT2D eigenvalue weighted by atomic mass is 79.9. The zero-order valence-corrected chi connectivity index (χ0v) is 12.3. The van der Waals surface area contributed by atoms with Gasteiger partial charge in [0.1, 0.15) is 0 Å². The Balaban J connectivity index is 2.74. The molecule has 0 bridgehead atoms. The minimum atomic E-state index is -4.90. The van der Waals surface area contributed by atoms with Gasteiger partial charge >= 0.3 is 6.18 Å². The first-order valence-corrected chi connectivity index (χ1v) is 6.74. The Labute approximate surface area is 127 Å². The number of aliphatic hydroxyl groups is 1. The SMILES string of the molecule is OC(c1cccc(Br)c1)(c1ccccc1Cl)C(F)(F)F. The van der Waals surface area contributed by atoms with Crippen LogP contribution in [0.1, 0.15) is 11.1 Å². The van der Waals surface area contributed by atoms with Gasteiger partial charge in [0.25, 0.3) is 0 Å². The number of hydrogen-bond donors (Lipinski definition) is 1. The smallest absolute Gasteiger partial charge is 0.372 e. The summed E-state index contributed by atoms with van der Waals surface area (Å²) in [6, 6.07) is 10.8. The minimum Gasteiger partial charge on any atom is -0.372 e. The third kappa shape index (κ3) is 2.57. The second-order valence-corrected chi connectivity index (χ2v) is 5.52. The maximum absolute atomic E-state index is 13.5. The summed E-state index contributed by atoms with van der Waals surface area (Å²) in [6.07, 6.45) is -4.90. The topological polar surface area (TPSA) is 20.2 Å². The monoisotopic (exact) mass is 364 g/mol. The Morgan fingerprint density at radius 1 is 1.00 bits per heavy atom. The van der Waals surface area contributed by atoms with Gasteiger partial charge in [0.2, 0.25) is 5.60 Å². The second-order valence-electron chi connectivity index (χ2n) is 4.20. The predicted octanol–water partition coefficient (Wildman–Crippen LogP) is 4.90. The number of halogens is 5. The fraction of sp³-hybridized carbons (Fsp3) is 0.143. The maximum atomic E-state index is 13.5. The van der Waals surface area contributed by atoms with E-state index in [4.69, 9.17) is 11.6 Å². The molecule has 2 aromatic carbocycles. The molecule has 0 aliphatic carbocycles. The van der Waals surface area contributed by atoms with Crippen LogP contribution in [0.2, 0.25) is 5.02 Å². The largest absolute Gasteiger partial charge is 0.425 e. The van der Waals surface area contributed by atoms with E-state index in [9.17, 15) is 18.3 Å². The fourth-order valence-electron chi connectivity index (χ4n) is 1.94. The number of hydrogen-bond acceptors (Lipinski definition) is 1. The predicted molar refractivity (Wildman–Crippen MR) is 74.6 cm³/mol. The van der Waals surface area contributed by atoms with Gasteiger partial charge in [-0.1, -0.05) is 57.9 Å². The summed E-state index contributed by atoms with van der Waals surface area (Å²) in [6.45, 7) is 0. The third-order valence-corrected chi connectivity index (χ3v) is 3.74. The van der Waals surface area contributed by atoms with Crippen LogP contribution in [0.4, 0.5) is 13.2 Å². The van der Waals surface area contributed by atoms with Gasteiger partial charge in [0.05, 0.1) is 0 Å². The van der Waals surface area contributed by atoms with Crippen molar-refractivity contribution in [3.63, 3.8) is 0 Å². The van der Waals surface area contributed by atoms with Gasteiger partial charge in [0.15, 0.2) is 0 Å². The van der Waals surface area contributed by atoms with Crippen LogP contribution in [0.3, 0.4) is 0 Å². The van der Waals surface area contributed by atoms with Crippen molar-refractivity contribution in [2.24, 2.45) is 0 Å². The molecule has 2 aromatic rings. The number of benzene rings is 2. The molecule has 2 rings (SSSR count). The maximum Gasteiger partial charge on any atom is 0.425 e. The molecule has 1 N–H and O–H groups in total. The normalized spacial score (nSPS) is 14.9. The Kier molecular flexibility index (Phi) is 4.14. The van der Waals surface area contributed by atoms with Crippen LogP contribution < -0.4 is 0 Å². The van der Waals surface area contributed by atoms with E-state index in [1.54, 1.807) is 6.07 Å². The van der Waals surface area contributed by atoms with Crippen molar-refractivity contribution < 1.29 is 18.3 Å². The number of alkyl halides is 3. The minimum absolute atomic E-state index is 0.146. The molecule has 1 nitrogen and oxygen atoms in total. The van der Waals surface area contributed by atoms with E-state index in [0.29, 0.717) is 4.47 Å². The average molecular weight is 366 g/mol. The molecule has 0 saturated carbocycles. The fourth-order valence-corrected chi connectivity index (χ4v) is 2.61. The summed E-state index contributed by atoms with van der Waals surface area (Å²) in [4.78, 5) is 0. The average Bonchev–Trinajstić information content (AvgIpc) is 2.37. The zero-order valence-electron chi connectivity index (χ0n) is 9.96. The van der Waals surface area contributed by atoms with E-state index in [1.807, 2.05) is 0 Å². The summed E-state index contributed by atoms with van der Waals surface area (Å²) in [5.74, 6) is 0. The Hall–Kier alpha value is -1.04. The van der Waals surface area contributed by atoms with Crippen LogP contribution in [-0.2, 0) is 5.60 Å². The molecule has 0 saturated heterocycles. The van der Waals surface area contributed by atoms with Crippen LogP contribution in [-0.4, -0.2) is 11.3 Å². The summed E-state index contributed by atoms with van der Waals surface area (Å²) < 4.78 is 40.8. The van der Waals surface area contributed by atoms with E-state index in [1.165, 1.54) is 36.4 Å². The first-order valence-electron chi connectivity index (χ1n) is 5.57. The Morgan fingerprint density at radius 3 is 2.20 bits per heavy atom. The molecule has 0 amide bonds. The lowest BCUT2D eigenvalue weighted by molar-refractivity contribution is -0.248. The van der Waals surface area contributed by atoms with Crippen LogP contribution in [0.5, 0.6) is 0 Å². The van der Waals surface area contributed by atoms with Gasteiger partial charge < -0.3 is 5.11 Å². The van der Waals surface area contributed by atoms with Crippen molar-refractivity contribution in [2.45, 2.75) is 11.8 Å². The quantitative estimate of drug-likeness (QED) is 0.802. The van der Waals surface area contributed by atoms with E-state index >= 15 is 0 Å². The molecule has 0 aliphatic heterocycles. The van der Waals surface area contributed by atoms with Crippen LogP contribution in [0.25, 0.3) is 0 Å². The zero-order chi connectivity index (χ0) is 15.0. The summed E-state index contributed by atoms with van der Waals surface area (Å²) >= 11 is 8.93. The molecule has 1 unspecified atom stereocenters. The lowest BCUT2D eigenvalue weighted by atomic mass is 9.85. The van der Waals surface area contributed by atoms with Crippen molar-refractivity contribution >= 4 is 27.5 Å². The van der Waals surface area contributed by atoms with Crippen molar-refractivity contribution in [3.05, 3.63) is 69.2 Å². The lowest BCUT2D eigenvalue weighted by Gasteiger charge is -2.32. The molecule has 0 spiro atoms. The van der Waals surface area contributed by atoms with E-state index in [0.717, 1.165) is 6.07 Å². The molecule has 0 fully saturated rings. The highest BCUT2D eigenvalue weighted by Crippen LogP contribution is 2.46. The summed E-state index contributed by atoms with van der Waals surface area (Å²) in [5, 5.41) is 10.2. The molecule has 0 aromatic heterocycles. The molecule has 6 heteroatoms. The highest BCUT2D eigenvalue weighted by Gasteiger charge is 2.57. The Bertz CT molecular complexity index is 630. The lowest BCUT2D eigenvalue weighted by Crippen LogP contribution is -2.43. The molecule has 1 atom stereocenters. The first kappa shape index (κ1) is 15.4. The molecule has 0 aliphatic rings. The van der Waals surface area contributed by atoms with Gasteiger partial charge in [0, 0.05) is 15.1 Å². The van der Waals surface area contributed by atoms with Crippen molar-refractivity contribution in [1.29, 1.82) is 0 Å². The van der Waals surface area contributed by atoms with Crippen molar-refractivity contribution in [3.8, 4) is 0 Å². The molecule has 0 radical (unpaired) electrons. The molecular weight excluding hydrogens is 357 g/mol. The van der Waals surface area contributed by atoms with Crippen LogP contribution in [0.15, 0.2) is 53.0 Å². The molecule has 20 heavy (non-hydrogen) atoms. The van der Waals surface area contributed by atoms with Gasteiger partial charge in [-0.05, 0) is 23.8 Å². The Morgan fingerprint density at radius 2 is 1.65 bits per heavy atom. The van der Waals surface area contributed by atoms with E-state index < -0.39 is 17.3 Å². The molecule has 0 heterocycles. The standard InChI is InChI=1S/C14H9BrClF3O/c15-10-5-3-4-9(8-10)13(20,14(17,18)19)11-6-1-2-7-12(11)16/h1-8,20H. The first-order chi connectivity index (χ1) is 9.26. The summed E-state index contributed by atoms with van der Waals surface area (Å²) in [5.41, 5.74) is -3.85. The summed E-state index contributed by atoms with van der Waals surface area (Å²) in [7, 11) is 0.